The molecule has 0 spiro atoms. The predicted octanol–water partition coefficient (Wildman–Crippen LogP) is 0.583. The molecule has 0 aromatic carbocycles. The highest BCUT2D eigenvalue weighted by Gasteiger charge is 2.07. The van der Waals surface area contributed by atoms with Crippen molar-refractivity contribution in [3.05, 3.63) is 12.2 Å². The molecule has 0 bridgehead atoms. The fourth-order valence-corrected chi connectivity index (χ4v) is 0.533. The maximum absolute atomic E-state index is 10.1. The third-order valence-corrected chi connectivity index (χ3v) is 1.14. The molecule has 0 heterocycles. The molecule has 1 atom stereocenters. The van der Waals surface area contributed by atoms with Crippen LogP contribution in [0, 0.1) is 0 Å². The van der Waals surface area contributed by atoms with E-state index in [9.17, 15) is 4.79 Å². The van der Waals surface area contributed by atoms with Gasteiger partial charge in [-0.3, -0.25) is 4.79 Å². The topological polar surface area (TPSA) is 63.3 Å². The van der Waals surface area contributed by atoms with Crippen LogP contribution in [-0.2, 0) is 4.79 Å². The zero-order chi connectivity index (χ0) is 7.98. The second-order valence-electron chi connectivity index (χ2n) is 1.81. The largest absolute Gasteiger partial charge is 0.480 e. The Balaban J connectivity index is 3.48. The van der Waals surface area contributed by atoms with Crippen LogP contribution in [0.15, 0.2) is 12.2 Å². The number of rotatable bonds is 4. The van der Waals surface area contributed by atoms with E-state index < -0.39 is 12.0 Å². The highest BCUT2D eigenvalue weighted by molar-refractivity contribution is 6.18. The summed E-state index contributed by atoms with van der Waals surface area (Å²) in [5, 5.41) is 8.29. The van der Waals surface area contributed by atoms with Crippen LogP contribution in [0.4, 0.5) is 0 Å². The Labute approximate surface area is 64.5 Å². The summed E-state index contributed by atoms with van der Waals surface area (Å²) in [6.07, 6.45) is 3.66. The van der Waals surface area contributed by atoms with E-state index >= 15 is 0 Å². The Bertz CT molecular complexity index is 136. The molecule has 0 amide bonds. The van der Waals surface area contributed by atoms with Gasteiger partial charge in [0.2, 0.25) is 0 Å². The van der Waals surface area contributed by atoms with Gasteiger partial charge in [-0.2, -0.15) is 0 Å². The minimum atomic E-state index is -0.987. The Hall–Kier alpha value is -0.540. The van der Waals surface area contributed by atoms with Crippen molar-refractivity contribution in [1.82, 2.24) is 0 Å². The first-order valence-corrected chi connectivity index (χ1v) is 3.41. The summed E-state index contributed by atoms with van der Waals surface area (Å²) < 4.78 is 0. The maximum atomic E-state index is 10.1. The molecule has 0 aliphatic rings. The quantitative estimate of drug-likeness (QED) is 0.471. The zero-order valence-electron chi connectivity index (χ0n) is 5.46. The third-order valence-electron chi connectivity index (χ3n) is 0.963. The molecular weight excluding hydrogens is 154 g/mol. The van der Waals surface area contributed by atoms with E-state index in [2.05, 4.69) is 0 Å². The van der Waals surface area contributed by atoms with E-state index in [4.69, 9.17) is 22.4 Å². The van der Waals surface area contributed by atoms with Crippen LogP contribution in [0.2, 0.25) is 0 Å². The summed E-state index contributed by atoms with van der Waals surface area (Å²) in [5.41, 5.74) is 5.16. The van der Waals surface area contributed by atoms with E-state index in [1.165, 1.54) is 0 Å². The summed E-state index contributed by atoms with van der Waals surface area (Å²) in [4.78, 5) is 10.1. The van der Waals surface area contributed by atoms with Crippen molar-refractivity contribution in [2.75, 3.05) is 5.88 Å². The SMILES string of the molecule is NC(C/C=C/CCl)C(=O)O. The van der Waals surface area contributed by atoms with E-state index in [1.807, 2.05) is 0 Å². The van der Waals surface area contributed by atoms with Crippen molar-refractivity contribution in [2.45, 2.75) is 12.5 Å². The zero-order valence-corrected chi connectivity index (χ0v) is 6.21. The lowest BCUT2D eigenvalue weighted by molar-refractivity contribution is -0.138. The van der Waals surface area contributed by atoms with Gasteiger partial charge in [-0.1, -0.05) is 12.2 Å². The second kappa shape index (κ2) is 5.26. The van der Waals surface area contributed by atoms with Gasteiger partial charge in [0.05, 0.1) is 0 Å². The van der Waals surface area contributed by atoms with Gasteiger partial charge >= 0.3 is 5.97 Å². The number of carboxylic acids is 1. The van der Waals surface area contributed by atoms with Crippen molar-refractivity contribution >= 4 is 17.6 Å². The Morgan fingerprint density at radius 2 is 2.30 bits per heavy atom. The second-order valence-corrected chi connectivity index (χ2v) is 2.11. The number of alkyl halides is 1. The normalized spacial score (nSPS) is 13.8. The molecule has 0 radical (unpaired) electrons. The van der Waals surface area contributed by atoms with E-state index in [1.54, 1.807) is 12.2 Å². The van der Waals surface area contributed by atoms with Crippen LogP contribution in [0.1, 0.15) is 6.42 Å². The van der Waals surface area contributed by atoms with Gasteiger partial charge in [-0.25, -0.2) is 0 Å². The molecular formula is C6H10ClNO2. The molecule has 10 heavy (non-hydrogen) atoms. The van der Waals surface area contributed by atoms with Crippen molar-refractivity contribution in [3.8, 4) is 0 Å². The lowest BCUT2D eigenvalue weighted by Crippen LogP contribution is -2.29. The molecule has 3 nitrogen and oxygen atoms in total. The summed E-state index contributed by atoms with van der Waals surface area (Å²) in [5.74, 6) is -0.592. The van der Waals surface area contributed by atoms with Crippen LogP contribution < -0.4 is 5.73 Å². The van der Waals surface area contributed by atoms with Crippen LogP contribution >= 0.6 is 11.6 Å². The number of allylic oxidation sites excluding steroid dienone is 1. The Kier molecular flexibility index (Phi) is 4.98. The summed E-state index contributed by atoms with van der Waals surface area (Å²) in [7, 11) is 0. The Morgan fingerprint density at radius 1 is 1.70 bits per heavy atom. The standard InChI is InChI=1S/C6H10ClNO2/c7-4-2-1-3-5(8)6(9)10/h1-2,5H,3-4,8H2,(H,9,10)/b2-1+. The van der Waals surface area contributed by atoms with Gasteiger partial charge in [0.25, 0.3) is 0 Å². The van der Waals surface area contributed by atoms with E-state index in [0.717, 1.165) is 0 Å². The molecule has 0 aliphatic carbocycles. The van der Waals surface area contributed by atoms with Crippen molar-refractivity contribution in [3.63, 3.8) is 0 Å². The number of hydrogen-bond acceptors (Lipinski definition) is 2. The molecule has 58 valence electrons. The summed E-state index contributed by atoms with van der Waals surface area (Å²) in [6, 6.07) is -0.806. The number of hydrogen-bond donors (Lipinski definition) is 2. The van der Waals surface area contributed by atoms with Crippen molar-refractivity contribution in [2.24, 2.45) is 5.73 Å². The highest BCUT2D eigenvalue weighted by atomic mass is 35.5. The molecule has 4 heteroatoms. The molecule has 0 saturated heterocycles. The average Bonchev–Trinajstić information content (AvgIpc) is 1.88. The first kappa shape index (κ1) is 9.46. The molecule has 1 unspecified atom stereocenters. The molecule has 0 rings (SSSR count). The van der Waals surface area contributed by atoms with Gasteiger partial charge in [-0.05, 0) is 6.42 Å². The molecule has 0 fully saturated rings. The van der Waals surface area contributed by atoms with Crippen LogP contribution in [0.5, 0.6) is 0 Å². The highest BCUT2D eigenvalue weighted by Crippen LogP contribution is 1.90. The van der Waals surface area contributed by atoms with Crippen LogP contribution in [-0.4, -0.2) is 23.0 Å². The first-order chi connectivity index (χ1) is 4.68. The molecule has 0 saturated carbocycles. The van der Waals surface area contributed by atoms with Crippen molar-refractivity contribution in [1.29, 1.82) is 0 Å². The molecule has 0 aromatic rings. The number of aliphatic carboxylic acids is 1. The third kappa shape index (κ3) is 4.35. The lowest BCUT2D eigenvalue weighted by atomic mass is 10.2. The maximum Gasteiger partial charge on any atom is 0.320 e. The van der Waals surface area contributed by atoms with Gasteiger partial charge in [-0.15, -0.1) is 11.6 Å². The minimum Gasteiger partial charge on any atom is -0.480 e. The smallest absolute Gasteiger partial charge is 0.320 e. The van der Waals surface area contributed by atoms with E-state index in [0.29, 0.717) is 12.3 Å². The van der Waals surface area contributed by atoms with Crippen molar-refractivity contribution < 1.29 is 9.90 Å². The van der Waals surface area contributed by atoms with Crippen LogP contribution in [0.25, 0.3) is 0 Å². The van der Waals surface area contributed by atoms with Gasteiger partial charge < -0.3 is 10.8 Å². The number of nitrogens with two attached hydrogens (primary N) is 1. The molecule has 3 N–H and O–H groups in total. The predicted molar refractivity (Wildman–Crippen MR) is 40.1 cm³/mol. The summed E-state index contributed by atoms with van der Waals surface area (Å²) in [6.45, 7) is 0. The first-order valence-electron chi connectivity index (χ1n) is 2.88. The number of carboxylic acid groups (broad SMARTS) is 1. The number of halogens is 1. The molecule has 0 aliphatic heterocycles. The van der Waals surface area contributed by atoms with Gasteiger partial charge in [0, 0.05) is 5.88 Å². The summed E-state index contributed by atoms with van der Waals surface area (Å²) >= 11 is 5.29. The fraction of sp³-hybridized carbons (Fsp3) is 0.500. The lowest BCUT2D eigenvalue weighted by Gasteiger charge is -1.99. The monoisotopic (exact) mass is 163 g/mol. The molecule has 0 aromatic heterocycles. The fourth-order valence-electron chi connectivity index (χ4n) is 0.407. The van der Waals surface area contributed by atoms with Gasteiger partial charge in [0.1, 0.15) is 6.04 Å². The minimum absolute atomic E-state index is 0.335. The van der Waals surface area contributed by atoms with Crippen LogP contribution in [0.3, 0.4) is 0 Å². The van der Waals surface area contributed by atoms with E-state index in [-0.39, 0.29) is 0 Å². The average molecular weight is 164 g/mol. The number of carbonyl (C=O) groups is 1. The van der Waals surface area contributed by atoms with Gasteiger partial charge in [0.15, 0.2) is 0 Å². The Morgan fingerprint density at radius 3 is 2.70 bits per heavy atom.